The van der Waals surface area contributed by atoms with E-state index >= 15 is 0 Å². The van der Waals surface area contributed by atoms with Crippen LogP contribution in [-0.4, -0.2) is 35.8 Å². The van der Waals surface area contributed by atoms with Crippen molar-refractivity contribution >= 4 is 22.8 Å². The molecule has 0 bridgehead atoms. The predicted molar refractivity (Wildman–Crippen MR) is 133 cm³/mol. The van der Waals surface area contributed by atoms with Gasteiger partial charge in [0.05, 0.1) is 19.3 Å². The molecule has 0 aliphatic carbocycles. The third kappa shape index (κ3) is 7.65. The van der Waals surface area contributed by atoms with Gasteiger partial charge in [-0.3, -0.25) is 4.79 Å². The molecule has 6 heteroatoms. The average molecular weight is 466 g/mol. The van der Waals surface area contributed by atoms with Gasteiger partial charge < -0.3 is 18.8 Å². The Kier molecular flexibility index (Phi) is 8.74. The van der Waals surface area contributed by atoms with Crippen LogP contribution >= 0.6 is 0 Å². The number of ether oxygens (including phenoxy) is 3. The number of carbonyl (C=O) groups excluding carboxylic acids is 2. The summed E-state index contributed by atoms with van der Waals surface area (Å²) in [7, 11) is 1.39. The van der Waals surface area contributed by atoms with E-state index in [0.717, 1.165) is 47.9 Å². The van der Waals surface area contributed by atoms with E-state index in [1.165, 1.54) is 7.11 Å². The van der Waals surface area contributed by atoms with Gasteiger partial charge in [-0.1, -0.05) is 31.0 Å². The Morgan fingerprint density at radius 3 is 2.35 bits per heavy atom. The molecule has 182 valence electrons. The molecule has 0 atom stereocenters. The molecule has 0 unspecified atom stereocenters. The predicted octanol–water partition coefficient (Wildman–Crippen LogP) is 6.15. The standard InChI is InChI=1S/C28H35NO5/c1-28(2,3)34-26(30)9-7-5-6-8-18-33-24-14-10-21(11-15-24)20-29-17-16-22-12-13-23(19-25(22)29)27(31)32-4/h10-17,19H,5-9,18,20H2,1-4H3. The van der Waals surface area contributed by atoms with E-state index in [-0.39, 0.29) is 11.9 Å². The highest BCUT2D eigenvalue weighted by atomic mass is 16.6. The monoisotopic (exact) mass is 465 g/mol. The van der Waals surface area contributed by atoms with Crippen LogP contribution in [-0.2, 0) is 20.8 Å². The zero-order chi connectivity index (χ0) is 24.6. The molecule has 3 aromatic rings. The van der Waals surface area contributed by atoms with Crippen molar-refractivity contribution in [3.05, 3.63) is 65.9 Å². The summed E-state index contributed by atoms with van der Waals surface area (Å²) < 4.78 is 18.1. The molecular formula is C28H35NO5. The highest BCUT2D eigenvalue weighted by Gasteiger charge is 2.15. The lowest BCUT2D eigenvalue weighted by Gasteiger charge is -2.19. The summed E-state index contributed by atoms with van der Waals surface area (Å²) in [6.45, 7) is 7.02. The molecular weight excluding hydrogens is 430 g/mol. The fourth-order valence-corrected chi connectivity index (χ4v) is 3.76. The summed E-state index contributed by atoms with van der Waals surface area (Å²) in [6.07, 6.45) is 6.31. The van der Waals surface area contributed by atoms with Crippen LogP contribution in [0, 0.1) is 0 Å². The average Bonchev–Trinajstić information content (AvgIpc) is 3.19. The number of hydrogen-bond donors (Lipinski definition) is 0. The molecule has 0 saturated carbocycles. The normalized spacial score (nSPS) is 11.4. The molecule has 3 rings (SSSR count). The van der Waals surface area contributed by atoms with Crippen LogP contribution in [0.5, 0.6) is 5.75 Å². The van der Waals surface area contributed by atoms with Crippen molar-refractivity contribution in [2.45, 2.75) is 65.0 Å². The molecule has 0 aliphatic rings. The number of benzene rings is 2. The van der Waals surface area contributed by atoms with Gasteiger partial charge in [0.1, 0.15) is 11.4 Å². The number of methoxy groups -OCH3 is 1. The molecule has 0 aliphatic heterocycles. The molecule has 0 saturated heterocycles. The number of fused-ring (bicyclic) bond motifs is 1. The largest absolute Gasteiger partial charge is 0.494 e. The maximum atomic E-state index is 11.9. The smallest absolute Gasteiger partial charge is 0.337 e. The van der Waals surface area contributed by atoms with Crippen molar-refractivity contribution in [3.8, 4) is 5.75 Å². The van der Waals surface area contributed by atoms with Gasteiger partial charge >= 0.3 is 11.9 Å². The van der Waals surface area contributed by atoms with E-state index in [0.29, 0.717) is 25.1 Å². The molecule has 0 spiro atoms. The topological polar surface area (TPSA) is 66.8 Å². The summed E-state index contributed by atoms with van der Waals surface area (Å²) in [6, 6.07) is 15.7. The van der Waals surface area contributed by atoms with Crippen molar-refractivity contribution in [2.24, 2.45) is 0 Å². The van der Waals surface area contributed by atoms with Crippen LogP contribution in [0.2, 0.25) is 0 Å². The van der Waals surface area contributed by atoms with Gasteiger partial charge in [-0.15, -0.1) is 0 Å². The highest BCUT2D eigenvalue weighted by molar-refractivity contribution is 5.94. The van der Waals surface area contributed by atoms with Crippen molar-refractivity contribution in [2.75, 3.05) is 13.7 Å². The Morgan fingerprint density at radius 1 is 0.912 bits per heavy atom. The number of rotatable bonds is 11. The number of aromatic nitrogens is 1. The van der Waals surface area contributed by atoms with Gasteiger partial charge in [0.25, 0.3) is 0 Å². The summed E-state index contributed by atoms with van der Waals surface area (Å²) >= 11 is 0. The first-order chi connectivity index (χ1) is 16.2. The van der Waals surface area contributed by atoms with E-state index < -0.39 is 5.60 Å². The summed E-state index contributed by atoms with van der Waals surface area (Å²) in [5, 5.41) is 1.08. The fraction of sp³-hybridized carbons (Fsp3) is 0.429. The highest BCUT2D eigenvalue weighted by Crippen LogP contribution is 2.21. The van der Waals surface area contributed by atoms with Gasteiger partial charge in [0, 0.05) is 24.7 Å². The SMILES string of the molecule is COC(=O)c1ccc2ccn(Cc3ccc(OCCCCCCC(=O)OC(C)(C)C)cc3)c2c1. The van der Waals surface area contributed by atoms with Crippen molar-refractivity contribution < 1.29 is 23.8 Å². The Balaban J connectivity index is 1.41. The Morgan fingerprint density at radius 2 is 1.65 bits per heavy atom. The lowest BCUT2D eigenvalue weighted by Crippen LogP contribution is -2.23. The molecule has 0 N–H and O–H groups in total. The lowest BCUT2D eigenvalue weighted by molar-refractivity contribution is -0.154. The fourth-order valence-electron chi connectivity index (χ4n) is 3.76. The number of unbranched alkanes of at least 4 members (excludes halogenated alkanes) is 3. The molecule has 1 heterocycles. The quantitative estimate of drug-likeness (QED) is 0.251. The molecule has 34 heavy (non-hydrogen) atoms. The molecule has 2 aromatic carbocycles. The van der Waals surface area contributed by atoms with Crippen LogP contribution in [0.3, 0.4) is 0 Å². The van der Waals surface area contributed by atoms with Gasteiger partial charge in [-0.25, -0.2) is 4.79 Å². The minimum Gasteiger partial charge on any atom is -0.494 e. The van der Waals surface area contributed by atoms with Crippen LogP contribution < -0.4 is 4.74 Å². The van der Waals surface area contributed by atoms with Crippen LogP contribution in [0.1, 0.15) is 68.8 Å². The van der Waals surface area contributed by atoms with Crippen molar-refractivity contribution in [1.29, 1.82) is 0 Å². The van der Waals surface area contributed by atoms with Gasteiger partial charge in [-0.2, -0.15) is 0 Å². The van der Waals surface area contributed by atoms with Crippen LogP contribution in [0.25, 0.3) is 10.9 Å². The van der Waals surface area contributed by atoms with Gasteiger partial charge in [0.2, 0.25) is 0 Å². The minimum absolute atomic E-state index is 0.124. The summed E-state index contributed by atoms with van der Waals surface area (Å²) in [5.74, 6) is 0.391. The second-order valence-corrected chi connectivity index (χ2v) is 9.45. The summed E-state index contributed by atoms with van der Waals surface area (Å²) in [5.41, 5.74) is 2.28. The third-order valence-electron chi connectivity index (χ3n) is 5.44. The van der Waals surface area contributed by atoms with E-state index in [4.69, 9.17) is 14.2 Å². The molecule has 0 amide bonds. The zero-order valence-electron chi connectivity index (χ0n) is 20.6. The van der Waals surface area contributed by atoms with Gasteiger partial charge in [-0.05, 0) is 74.9 Å². The van der Waals surface area contributed by atoms with Crippen LogP contribution in [0.15, 0.2) is 54.7 Å². The second-order valence-electron chi connectivity index (χ2n) is 9.45. The number of hydrogen-bond acceptors (Lipinski definition) is 5. The Hall–Kier alpha value is -3.28. The first kappa shape index (κ1) is 25.3. The summed E-state index contributed by atoms with van der Waals surface area (Å²) in [4.78, 5) is 23.6. The Bertz CT molecular complexity index is 1090. The number of nitrogens with zero attached hydrogens (tertiary/aromatic N) is 1. The van der Waals surface area contributed by atoms with E-state index in [1.54, 1.807) is 6.07 Å². The third-order valence-corrected chi connectivity index (χ3v) is 5.44. The van der Waals surface area contributed by atoms with Crippen molar-refractivity contribution in [1.82, 2.24) is 4.57 Å². The molecule has 0 radical (unpaired) electrons. The number of esters is 2. The molecule has 6 nitrogen and oxygen atoms in total. The van der Waals surface area contributed by atoms with E-state index in [1.807, 2.05) is 57.3 Å². The Labute approximate surface area is 201 Å². The van der Waals surface area contributed by atoms with E-state index in [2.05, 4.69) is 16.7 Å². The van der Waals surface area contributed by atoms with Crippen LogP contribution in [0.4, 0.5) is 0 Å². The maximum Gasteiger partial charge on any atom is 0.337 e. The first-order valence-corrected chi connectivity index (χ1v) is 11.9. The second kappa shape index (κ2) is 11.7. The molecule has 1 aromatic heterocycles. The van der Waals surface area contributed by atoms with Gasteiger partial charge in [0.15, 0.2) is 0 Å². The zero-order valence-corrected chi connectivity index (χ0v) is 20.6. The number of carbonyl (C=O) groups is 2. The van der Waals surface area contributed by atoms with E-state index in [9.17, 15) is 9.59 Å². The van der Waals surface area contributed by atoms with Crippen molar-refractivity contribution in [3.63, 3.8) is 0 Å². The first-order valence-electron chi connectivity index (χ1n) is 11.9. The molecule has 0 fully saturated rings. The lowest BCUT2D eigenvalue weighted by atomic mass is 10.1. The minimum atomic E-state index is -0.413. The maximum absolute atomic E-state index is 11.9.